The summed E-state index contributed by atoms with van der Waals surface area (Å²) in [5.74, 6) is -1.83. The quantitative estimate of drug-likeness (QED) is 0.319. The van der Waals surface area contributed by atoms with Crippen molar-refractivity contribution in [3.63, 3.8) is 0 Å². The maximum absolute atomic E-state index is 12.9. The van der Waals surface area contributed by atoms with Crippen molar-refractivity contribution in [2.24, 2.45) is 11.3 Å². The van der Waals surface area contributed by atoms with Gasteiger partial charge in [-0.2, -0.15) is 0 Å². The van der Waals surface area contributed by atoms with Gasteiger partial charge >= 0.3 is 18.0 Å². The summed E-state index contributed by atoms with van der Waals surface area (Å²) in [6, 6.07) is 11.9. The minimum atomic E-state index is -1.31. The second-order valence-electron chi connectivity index (χ2n) is 13.0. The number of amides is 1. The van der Waals surface area contributed by atoms with Crippen molar-refractivity contribution >= 4 is 34.0 Å². The highest BCUT2D eigenvalue weighted by atomic mass is 79.9. The van der Waals surface area contributed by atoms with E-state index in [0.717, 1.165) is 39.9 Å². The SMILES string of the molecule is CC(C)(C)C1Cc2cc(Br)ccc2O1.CC1(C)OC(=O)C(C2(c3ccc4c(c3)CCO4)CCN(C(=O)O)CC2)C(=O)O1. The molecule has 9 nitrogen and oxygen atoms in total. The first-order chi connectivity index (χ1) is 19.7. The summed E-state index contributed by atoms with van der Waals surface area (Å²) >= 11 is 3.48. The number of likely N-dealkylation sites (tertiary alicyclic amines) is 1. The molecule has 0 spiro atoms. The number of benzene rings is 2. The Morgan fingerprint density at radius 3 is 2.24 bits per heavy atom. The standard InChI is InChI=1S/C20H23NO7.C12H15BrO/c1-19(2)27-16(22)15(17(23)28-19)20(6-8-21(9-7-20)18(24)25)13-3-4-14-12(11-13)5-10-26-14;1-12(2,3)11-7-8-6-9(13)4-5-10(8)14-11/h3-4,11,15H,5-10H2,1-2H3,(H,24,25);4-6,11H,7H2,1-3H3. The summed E-state index contributed by atoms with van der Waals surface area (Å²) in [7, 11) is 0. The topological polar surface area (TPSA) is 112 Å². The van der Waals surface area contributed by atoms with Crippen LogP contribution in [-0.2, 0) is 37.3 Å². The van der Waals surface area contributed by atoms with Gasteiger partial charge in [-0.25, -0.2) is 4.79 Å². The molecule has 1 unspecified atom stereocenters. The van der Waals surface area contributed by atoms with Gasteiger partial charge in [0.15, 0.2) is 5.92 Å². The summed E-state index contributed by atoms with van der Waals surface area (Å²) < 4.78 is 23.4. The van der Waals surface area contributed by atoms with Gasteiger partial charge in [0.05, 0.1) is 6.61 Å². The van der Waals surface area contributed by atoms with Crippen molar-refractivity contribution in [1.29, 1.82) is 0 Å². The minimum absolute atomic E-state index is 0.214. The van der Waals surface area contributed by atoms with Crippen molar-refractivity contribution in [2.45, 2.75) is 77.6 Å². The van der Waals surface area contributed by atoms with Gasteiger partial charge in [0.2, 0.25) is 0 Å². The van der Waals surface area contributed by atoms with Crippen molar-refractivity contribution in [2.75, 3.05) is 19.7 Å². The van der Waals surface area contributed by atoms with Gasteiger partial charge in [-0.15, -0.1) is 0 Å². The number of ether oxygens (including phenoxy) is 4. The zero-order chi connectivity index (χ0) is 30.4. The monoisotopic (exact) mass is 643 g/mol. The molecule has 2 aromatic carbocycles. The number of hydrogen-bond donors (Lipinski definition) is 1. The number of rotatable bonds is 2. The summed E-state index contributed by atoms with van der Waals surface area (Å²) in [6.45, 7) is 10.7. The lowest BCUT2D eigenvalue weighted by molar-refractivity contribution is -0.244. The third-order valence-corrected chi connectivity index (χ3v) is 9.06. The number of halogens is 1. The lowest BCUT2D eigenvalue weighted by Gasteiger charge is -2.47. The van der Waals surface area contributed by atoms with E-state index in [1.54, 1.807) is 0 Å². The minimum Gasteiger partial charge on any atom is -0.493 e. The van der Waals surface area contributed by atoms with Crippen LogP contribution in [0.25, 0.3) is 0 Å². The van der Waals surface area contributed by atoms with E-state index in [-0.39, 0.29) is 18.5 Å². The Hall–Kier alpha value is -3.27. The van der Waals surface area contributed by atoms with E-state index in [0.29, 0.717) is 25.6 Å². The molecule has 4 aliphatic rings. The predicted molar refractivity (Wildman–Crippen MR) is 158 cm³/mol. The highest BCUT2D eigenvalue weighted by molar-refractivity contribution is 9.10. The van der Waals surface area contributed by atoms with Gasteiger partial charge < -0.3 is 29.0 Å². The predicted octanol–water partition coefficient (Wildman–Crippen LogP) is 5.88. The number of carbonyl (C=O) groups is 3. The molecule has 0 aromatic heterocycles. The number of carboxylic acid groups (broad SMARTS) is 1. The summed E-state index contributed by atoms with van der Waals surface area (Å²) in [6.07, 6.45) is 1.74. The molecule has 4 aliphatic heterocycles. The van der Waals surface area contributed by atoms with E-state index in [1.807, 2.05) is 30.3 Å². The highest BCUT2D eigenvalue weighted by Crippen LogP contribution is 2.47. The molecule has 0 saturated carbocycles. The molecule has 1 N–H and O–H groups in total. The van der Waals surface area contributed by atoms with Crippen LogP contribution >= 0.6 is 15.9 Å². The van der Waals surface area contributed by atoms with E-state index in [4.69, 9.17) is 18.9 Å². The average Bonchev–Trinajstić information content (AvgIpc) is 3.54. The van der Waals surface area contributed by atoms with Crippen molar-refractivity contribution < 1.29 is 38.4 Å². The zero-order valence-corrected chi connectivity index (χ0v) is 26.3. The summed E-state index contributed by atoms with van der Waals surface area (Å²) in [5.41, 5.74) is 2.50. The Balaban J connectivity index is 0.000000211. The first-order valence-corrected chi connectivity index (χ1v) is 15.1. The van der Waals surface area contributed by atoms with Gasteiger partial charge in [-0.3, -0.25) is 9.59 Å². The maximum atomic E-state index is 12.9. The Labute approximate surface area is 254 Å². The Bertz CT molecular complexity index is 1370. The van der Waals surface area contributed by atoms with Crippen LogP contribution in [0.2, 0.25) is 0 Å². The number of esters is 2. The molecule has 42 heavy (non-hydrogen) atoms. The molecule has 226 valence electrons. The first-order valence-electron chi connectivity index (χ1n) is 14.3. The molecule has 1 atom stereocenters. The third-order valence-electron chi connectivity index (χ3n) is 8.57. The second-order valence-corrected chi connectivity index (χ2v) is 13.9. The fourth-order valence-electron chi connectivity index (χ4n) is 6.21. The molecular formula is C32H38BrNO8. The number of piperidine rings is 1. The fraction of sp³-hybridized carbons (Fsp3) is 0.531. The first kappa shape index (κ1) is 30.2. The van der Waals surface area contributed by atoms with Gasteiger partial charge in [-0.05, 0) is 59.2 Å². The molecule has 1 amide bonds. The molecule has 2 saturated heterocycles. The smallest absolute Gasteiger partial charge is 0.407 e. The van der Waals surface area contributed by atoms with Crippen molar-refractivity contribution in [3.8, 4) is 11.5 Å². The fourth-order valence-corrected chi connectivity index (χ4v) is 6.62. The van der Waals surface area contributed by atoms with Gasteiger partial charge in [0.25, 0.3) is 5.79 Å². The normalized spacial score (nSPS) is 22.4. The molecule has 2 fully saturated rings. The van der Waals surface area contributed by atoms with Crippen LogP contribution in [0.3, 0.4) is 0 Å². The molecule has 4 heterocycles. The number of carbonyl (C=O) groups excluding carboxylic acids is 2. The van der Waals surface area contributed by atoms with Crippen LogP contribution in [0.4, 0.5) is 4.79 Å². The van der Waals surface area contributed by atoms with E-state index < -0.39 is 35.2 Å². The molecule has 0 radical (unpaired) electrons. The van der Waals surface area contributed by atoms with Crippen LogP contribution in [-0.4, -0.2) is 59.6 Å². The van der Waals surface area contributed by atoms with Gasteiger partial charge in [0, 0.05) is 49.7 Å². The number of fused-ring (bicyclic) bond motifs is 2. The molecule has 6 rings (SSSR count). The Morgan fingerprint density at radius 1 is 0.976 bits per heavy atom. The highest BCUT2D eigenvalue weighted by Gasteiger charge is 2.56. The maximum Gasteiger partial charge on any atom is 0.407 e. The lowest BCUT2D eigenvalue weighted by atomic mass is 9.63. The van der Waals surface area contributed by atoms with Crippen LogP contribution < -0.4 is 9.47 Å². The molecular weight excluding hydrogens is 606 g/mol. The number of nitrogens with zero attached hydrogens (tertiary/aromatic N) is 1. The van der Waals surface area contributed by atoms with Crippen molar-refractivity contribution in [3.05, 3.63) is 57.6 Å². The molecule has 10 heteroatoms. The molecule has 0 aliphatic carbocycles. The second kappa shape index (κ2) is 11.1. The van der Waals surface area contributed by atoms with Crippen LogP contribution in [0.1, 0.15) is 64.2 Å². The largest absolute Gasteiger partial charge is 0.493 e. The summed E-state index contributed by atoms with van der Waals surface area (Å²) in [4.78, 5) is 38.4. The van der Waals surface area contributed by atoms with Crippen LogP contribution in [0.5, 0.6) is 11.5 Å². The van der Waals surface area contributed by atoms with Crippen molar-refractivity contribution in [1.82, 2.24) is 4.90 Å². The van der Waals surface area contributed by atoms with Crippen LogP contribution in [0.15, 0.2) is 40.9 Å². The van der Waals surface area contributed by atoms with Gasteiger partial charge in [-0.1, -0.05) is 48.8 Å². The Morgan fingerprint density at radius 2 is 1.62 bits per heavy atom. The van der Waals surface area contributed by atoms with E-state index in [1.165, 1.54) is 24.3 Å². The molecule has 2 aromatic rings. The van der Waals surface area contributed by atoms with Gasteiger partial charge in [0.1, 0.15) is 17.6 Å². The van der Waals surface area contributed by atoms with E-state index >= 15 is 0 Å². The van der Waals surface area contributed by atoms with Crippen LogP contribution in [0, 0.1) is 11.3 Å². The number of cyclic esters (lactones) is 2. The summed E-state index contributed by atoms with van der Waals surface area (Å²) in [5, 5.41) is 9.31. The van der Waals surface area contributed by atoms with E-state index in [9.17, 15) is 19.5 Å². The van der Waals surface area contributed by atoms with E-state index in [2.05, 4.69) is 42.8 Å². The third kappa shape index (κ3) is 5.96. The zero-order valence-electron chi connectivity index (χ0n) is 24.7. The Kier molecular flexibility index (Phi) is 7.98. The molecule has 0 bridgehead atoms. The lowest BCUT2D eigenvalue weighted by Crippen LogP contribution is -2.58. The average molecular weight is 645 g/mol. The number of hydrogen-bond acceptors (Lipinski definition) is 7.